The Balaban J connectivity index is 1.48. The van der Waals surface area contributed by atoms with Crippen molar-refractivity contribution in [3.63, 3.8) is 0 Å². The monoisotopic (exact) mass is 428 g/mol. The Hall–Kier alpha value is -2.68. The number of hydrogen-bond acceptors (Lipinski definition) is 5. The summed E-state index contributed by atoms with van der Waals surface area (Å²) in [6.07, 6.45) is 4.05. The molecule has 0 atom stereocenters. The highest BCUT2D eigenvalue weighted by atomic mass is 32.2. The van der Waals surface area contributed by atoms with Gasteiger partial charge in [-0.2, -0.15) is 4.31 Å². The van der Waals surface area contributed by atoms with E-state index in [-0.39, 0.29) is 10.8 Å². The molecule has 0 aromatic heterocycles. The van der Waals surface area contributed by atoms with Crippen LogP contribution >= 0.6 is 0 Å². The number of morpholine rings is 1. The predicted molar refractivity (Wildman–Crippen MR) is 114 cm³/mol. The van der Waals surface area contributed by atoms with Crippen LogP contribution in [0.25, 0.3) is 6.08 Å². The number of hydrogen-bond donors (Lipinski definition) is 1. The standard InChI is InChI=1S/C22H24N2O5S/c1-16-2-5-19(30(26,27)24-9-12-28-13-10-24)15-20(16)23-22(25)7-4-17-3-6-21-18(14-17)8-11-29-21/h2-7,14-15H,8-13H2,1H3,(H,23,25)/b7-4+. The summed E-state index contributed by atoms with van der Waals surface area (Å²) in [5.41, 5.74) is 3.30. The maximum atomic E-state index is 12.9. The summed E-state index contributed by atoms with van der Waals surface area (Å²) < 4.78 is 37.9. The molecule has 8 heteroatoms. The first-order valence-corrected chi connectivity index (χ1v) is 11.3. The van der Waals surface area contributed by atoms with E-state index in [2.05, 4.69) is 5.32 Å². The number of carbonyl (C=O) groups is 1. The molecular formula is C22H24N2O5S. The van der Waals surface area contributed by atoms with Crippen molar-refractivity contribution < 1.29 is 22.7 Å². The summed E-state index contributed by atoms with van der Waals surface area (Å²) in [5.74, 6) is 0.571. The lowest BCUT2D eigenvalue weighted by Gasteiger charge is -2.26. The molecule has 2 aromatic rings. The SMILES string of the molecule is Cc1ccc(S(=O)(=O)N2CCOCC2)cc1NC(=O)/C=C/c1ccc2c(c1)CCO2. The van der Waals surface area contributed by atoms with Gasteiger partial charge in [0.2, 0.25) is 15.9 Å². The minimum absolute atomic E-state index is 0.160. The number of nitrogens with one attached hydrogen (secondary N) is 1. The quantitative estimate of drug-likeness (QED) is 0.740. The highest BCUT2D eigenvalue weighted by Crippen LogP contribution is 2.27. The Morgan fingerprint density at radius 2 is 1.90 bits per heavy atom. The number of sulfonamides is 1. The van der Waals surface area contributed by atoms with Gasteiger partial charge in [-0.25, -0.2) is 8.42 Å². The van der Waals surface area contributed by atoms with Crippen LogP contribution in [-0.4, -0.2) is 51.5 Å². The Kier molecular flexibility index (Phi) is 5.90. The summed E-state index contributed by atoms with van der Waals surface area (Å²) >= 11 is 0. The van der Waals surface area contributed by atoms with E-state index in [1.807, 2.05) is 25.1 Å². The molecule has 4 rings (SSSR count). The molecule has 2 aromatic carbocycles. The molecule has 0 spiro atoms. The van der Waals surface area contributed by atoms with E-state index in [4.69, 9.17) is 9.47 Å². The molecular weight excluding hydrogens is 404 g/mol. The predicted octanol–water partition coefficient (Wildman–Crippen LogP) is 2.60. The minimum atomic E-state index is -3.63. The molecule has 1 N–H and O–H groups in total. The van der Waals surface area contributed by atoms with Gasteiger partial charge in [-0.3, -0.25) is 4.79 Å². The van der Waals surface area contributed by atoms with Gasteiger partial charge < -0.3 is 14.8 Å². The van der Waals surface area contributed by atoms with Crippen molar-refractivity contribution in [2.24, 2.45) is 0 Å². The lowest BCUT2D eigenvalue weighted by Crippen LogP contribution is -2.40. The van der Waals surface area contributed by atoms with E-state index in [0.29, 0.717) is 38.6 Å². The summed E-state index contributed by atoms with van der Waals surface area (Å²) in [4.78, 5) is 12.6. The average Bonchev–Trinajstić information content (AvgIpc) is 3.22. The van der Waals surface area contributed by atoms with Gasteiger partial charge in [-0.15, -0.1) is 0 Å². The van der Waals surface area contributed by atoms with Crippen LogP contribution in [-0.2, 0) is 26.0 Å². The first kappa shape index (κ1) is 20.6. The molecule has 0 bridgehead atoms. The third-order valence-corrected chi connectivity index (χ3v) is 7.11. The second kappa shape index (κ2) is 8.59. The molecule has 0 radical (unpaired) electrons. The number of amides is 1. The molecule has 0 aliphatic carbocycles. The van der Waals surface area contributed by atoms with Crippen LogP contribution in [0, 0.1) is 6.92 Å². The number of carbonyl (C=O) groups excluding carboxylic acids is 1. The number of aryl methyl sites for hydroxylation is 1. The first-order chi connectivity index (χ1) is 14.4. The number of rotatable bonds is 5. The summed E-state index contributed by atoms with van der Waals surface area (Å²) in [6, 6.07) is 10.6. The Bertz CT molecular complexity index is 1090. The zero-order valence-electron chi connectivity index (χ0n) is 16.8. The summed E-state index contributed by atoms with van der Waals surface area (Å²) in [6.45, 7) is 3.93. The van der Waals surface area contributed by atoms with Gasteiger partial charge in [0, 0.05) is 31.3 Å². The van der Waals surface area contributed by atoms with Crippen molar-refractivity contribution in [1.82, 2.24) is 4.31 Å². The molecule has 0 saturated carbocycles. The Morgan fingerprint density at radius 1 is 1.10 bits per heavy atom. The van der Waals surface area contributed by atoms with Gasteiger partial charge in [0.05, 0.1) is 24.7 Å². The van der Waals surface area contributed by atoms with E-state index >= 15 is 0 Å². The zero-order valence-corrected chi connectivity index (χ0v) is 17.6. The van der Waals surface area contributed by atoms with E-state index in [0.717, 1.165) is 28.9 Å². The topological polar surface area (TPSA) is 84.9 Å². The van der Waals surface area contributed by atoms with Crippen LogP contribution in [0.4, 0.5) is 5.69 Å². The number of benzene rings is 2. The lowest BCUT2D eigenvalue weighted by molar-refractivity contribution is -0.111. The van der Waals surface area contributed by atoms with Crippen LogP contribution in [0.15, 0.2) is 47.4 Å². The second-order valence-corrected chi connectivity index (χ2v) is 9.22. The van der Waals surface area contributed by atoms with Crippen LogP contribution in [0.2, 0.25) is 0 Å². The van der Waals surface area contributed by atoms with E-state index < -0.39 is 10.0 Å². The Labute approximate surface area is 176 Å². The third kappa shape index (κ3) is 4.40. The Morgan fingerprint density at radius 3 is 2.70 bits per heavy atom. The number of anilines is 1. The van der Waals surface area contributed by atoms with Gasteiger partial charge in [-0.05, 0) is 54.0 Å². The van der Waals surface area contributed by atoms with Gasteiger partial charge >= 0.3 is 0 Å². The average molecular weight is 429 g/mol. The van der Waals surface area contributed by atoms with Gasteiger partial charge in [0.25, 0.3) is 0 Å². The second-order valence-electron chi connectivity index (χ2n) is 7.28. The van der Waals surface area contributed by atoms with E-state index in [1.54, 1.807) is 18.2 Å². The maximum Gasteiger partial charge on any atom is 0.248 e. The normalized spacial score (nSPS) is 17.0. The molecule has 1 fully saturated rings. The van der Waals surface area contributed by atoms with E-state index in [9.17, 15) is 13.2 Å². The summed E-state index contributed by atoms with van der Waals surface area (Å²) in [5, 5.41) is 2.79. The maximum absolute atomic E-state index is 12.9. The molecule has 30 heavy (non-hydrogen) atoms. The van der Waals surface area contributed by atoms with Gasteiger partial charge in [0.1, 0.15) is 5.75 Å². The third-order valence-electron chi connectivity index (χ3n) is 5.22. The molecule has 158 valence electrons. The fourth-order valence-electron chi connectivity index (χ4n) is 3.49. The molecule has 0 unspecified atom stereocenters. The fraction of sp³-hybridized carbons (Fsp3) is 0.318. The van der Waals surface area contributed by atoms with Crippen molar-refractivity contribution >= 4 is 27.7 Å². The van der Waals surface area contributed by atoms with Gasteiger partial charge in [-0.1, -0.05) is 12.1 Å². The van der Waals surface area contributed by atoms with Crippen LogP contribution in [0.1, 0.15) is 16.7 Å². The van der Waals surface area contributed by atoms with E-state index in [1.165, 1.54) is 16.4 Å². The van der Waals surface area contributed by atoms with Crippen molar-refractivity contribution in [3.8, 4) is 5.75 Å². The molecule has 2 aliphatic heterocycles. The lowest BCUT2D eigenvalue weighted by atomic mass is 10.1. The number of fused-ring (bicyclic) bond motifs is 1. The minimum Gasteiger partial charge on any atom is -0.493 e. The molecule has 2 heterocycles. The largest absolute Gasteiger partial charge is 0.493 e. The fourth-order valence-corrected chi connectivity index (χ4v) is 4.92. The van der Waals surface area contributed by atoms with Crippen LogP contribution in [0.5, 0.6) is 5.75 Å². The highest BCUT2D eigenvalue weighted by molar-refractivity contribution is 7.89. The zero-order chi connectivity index (χ0) is 21.1. The smallest absolute Gasteiger partial charge is 0.248 e. The van der Waals surface area contributed by atoms with Crippen molar-refractivity contribution in [3.05, 3.63) is 59.2 Å². The van der Waals surface area contributed by atoms with Gasteiger partial charge in [0.15, 0.2) is 0 Å². The van der Waals surface area contributed by atoms with Crippen molar-refractivity contribution in [2.45, 2.75) is 18.2 Å². The van der Waals surface area contributed by atoms with Crippen molar-refractivity contribution in [1.29, 1.82) is 0 Å². The number of ether oxygens (including phenoxy) is 2. The number of nitrogens with zero attached hydrogens (tertiary/aromatic N) is 1. The van der Waals surface area contributed by atoms with Crippen LogP contribution in [0.3, 0.4) is 0 Å². The summed E-state index contributed by atoms with van der Waals surface area (Å²) in [7, 11) is -3.63. The molecule has 7 nitrogen and oxygen atoms in total. The van der Waals surface area contributed by atoms with Crippen molar-refractivity contribution in [2.75, 3.05) is 38.2 Å². The molecule has 1 amide bonds. The molecule has 2 aliphatic rings. The molecule has 1 saturated heterocycles. The van der Waals surface area contributed by atoms with Crippen LogP contribution < -0.4 is 10.1 Å². The highest BCUT2D eigenvalue weighted by Gasteiger charge is 2.26. The first-order valence-electron chi connectivity index (χ1n) is 9.87.